The Hall–Kier alpha value is -2.64. The highest BCUT2D eigenvalue weighted by molar-refractivity contribution is 7.89. The van der Waals surface area contributed by atoms with Crippen LogP contribution in [0.15, 0.2) is 64.1 Å². The fraction of sp³-hybridized carbons (Fsp3) is 0.167. The van der Waals surface area contributed by atoms with E-state index in [-0.39, 0.29) is 17.2 Å². The molecule has 0 aliphatic rings. The summed E-state index contributed by atoms with van der Waals surface area (Å²) in [7, 11) is -2.29. The van der Waals surface area contributed by atoms with Crippen molar-refractivity contribution in [3.8, 4) is 17.1 Å². The molecule has 6 nitrogen and oxygen atoms in total. The highest BCUT2D eigenvalue weighted by atomic mass is 32.2. The number of aryl methyl sites for hydroxylation is 1. The molecule has 3 rings (SSSR count). The molecule has 1 aromatic heterocycles. The molecule has 1 N–H and O–H groups in total. The van der Waals surface area contributed by atoms with Crippen molar-refractivity contribution in [3.05, 3.63) is 65.9 Å². The smallest absolute Gasteiger partial charge is 0.244 e. The van der Waals surface area contributed by atoms with E-state index >= 15 is 0 Å². The molecule has 0 aliphatic heterocycles. The molecular weight excluding hydrogens is 340 g/mol. The predicted octanol–water partition coefficient (Wildman–Crippen LogP) is 3.14. The van der Waals surface area contributed by atoms with Gasteiger partial charge in [0.05, 0.1) is 13.3 Å². The summed E-state index contributed by atoms with van der Waals surface area (Å²) in [6.07, 6.45) is 1.52. The van der Waals surface area contributed by atoms with Gasteiger partial charge in [-0.25, -0.2) is 13.1 Å². The molecule has 0 unspecified atom stereocenters. The third kappa shape index (κ3) is 3.89. The van der Waals surface area contributed by atoms with Gasteiger partial charge < -0.3 is 9.26 Å². The molecule has 0 amide bonds. The first-order valence-corrected chi connectivity index (χ1v) is 9.12. The molecular formula is C18H18N2O4S. The van der Waals surface area contributed by atoms with E-state index in [1.54, 1.807) is 18.2 Å². The van der Waals surface area contributed by atoms with Gasteiger partial charge in [-0.3, -0.25) is 0 Å². The summed E-state index contributed by atoms with van der Waals surface area (Å²) < 4.78 is 38.2. The summed E-state index contributed by atoms with van der Waals surface area (Å²) in [6.45, 7) is 2.19. The lowest BCUT2D eigenvalue weighted by Crippen LogP contribution is -2.23. The Labute approximate surface area is 146 Å². The van der Waals surface area contributed by atoms with Gasteiger partial charge in [0.15, 0.2) is 5.76 Å². The van der Waals surface area contributed by atoms with Crippen molar-refractivity contribution >= 4 is 10.0 Å². The van der Waals surface area contributed by atoms with Crippen molar-refractivity contribution in [1.29, 1.82) is 0 Å². The summed E-state index contributed by atoms with van der Waals surface area (Å²) in [5, 5.41) is 3.65. The predicted molar refractivity (Wildman–Crippen MR) is 93.7 cm³/mol. The number of benzene rings is 2. The molecule has 0 aliphatic carbocycles. The molecule has 0 spiro atoms. The van der Waals surface area contributed by atoms with E-state index in [4.69, 9.17) is 9.26 Å². The molecule has 0 saturated heterocycles. The van der Waals surface area contributed by atoms with Crippen LogP contribution in [0.4, 0.5) is 0 Å². The van der Waals surface area contributed by atoms with Crippen LogP contribution < -0.4 is 9.46 Å². The highest BCUT2D eigenvalue weighted by Crippen LogP contribution is 2.30. The fourth-order valence-corrected chi connectivity index (χ4v) is 3.54. The van der Waals surface area contributed by atoms with Crippen molar-refractivity contribution in [3.63, 3.8) is 0 Å². The van der Waals surface area contributed by atoms with Gasteiger partial charge in [0.2, 0.25) is 10.0 Å². The molecule has 3 aromatic rings. The van der Waals surface area contributed by atoms with E-state index in [2.05, 4.69) is 9.88 Å². The number of rotatable bonds is 6. The zero-order chi connectivity index (χ0) is 17.9. The Balaban J connectivity index is 1.84. The van der Waals surface area contributed by atoms with Crippen molar-refractivity contribution in [1.82, 2.24) is 9.88 Å². The Morgan fingerprint density at radius 2 is 1.88 bits per heavy atom. The molecule has 130 valence electrons. The van der Waals surface area contributed by atoms with Crippen molar-refractivity contribution < 1.29 is 17.7 Å². The number of ether oxygens (including phenoxy) is 1. The number of sulfonamides is 1. The van der Waals surface area contributed by atoms with Crippen LogP contribution in [0, 0.1) is 6.92 Å². The molecule has 0 bridgehead atoms. The van der Waals surface area contributed by atoms with Crippen molar-refractivity contribution in [2.45, 2.75) is 18.4 Å². The monoisotopic (exact) mass is 358 g/mol. The first kappa shape index (κ1) is 17.2. The molecule has 0 radical (unpaired) electrons. The van der Waals surface area contributed by atoms with Crippen molar-refractivity contribution in [2.24, 2.45) is 0 Å². The molecule has 25 heavy (non-hydrogen) atoms. The van der Waals surface area contributed by atoms with Gasteiger partial charge in [-0.1, -0.05) is 35.0 Å². The lowest BCUT2D eigenvalue weighted by atomic mass is 10.1. The minimum atomic E-state index is -3.72. The average Bonchev–Trinajstić information content (AvgIpc) is 3.15. The van der Waals surface area contributed by atoms with E-state index in [1.165, 1.54) is 19.4 Å². The topological polar surface area (TPSA) is 81.4 Å². The number of hydrogen-bond acceptors (Lipinski definition) is 5. The number of nitrogens with zero attached hydrogens (tertiary/aromatic N) is 1. The van der Waals surface area contributed by atoms with Crippen LogP contribution >= 0.6 is 0 Å². The van der Waals surface area contributed by atoms with Gasteiger partial charge in [0.25, 0.3) is 0 Å². The first-order chi connectivity index (χ1) is 12.0. The Morgan fingerprint density at radius 3 is 2.52 bits per heavy atom. The van der Waals surface area contributed by atoms with Gasteiger partial charge in [-0.2, -0.15) is 0 Å². The fourth-order valence-electron chi connectivity index (χ4n) is 2.37. The third-order valence-electron chi connectivity index (χ3n) is 3.76. The van der Waals surface area contributed by atoms with Crippen LogP contribution in [0.1, 0.15) is 11.1 Å². The van der Waals surface area contributed by atoms with E-state index in [0.29, 0.717) is 11.3 Å². The third-order valence-corrected chi connectivity index (χ3v) is 5.20. The SMILES string of the molecule is COc1cc(-c2ccno2)ccc1S(=O)(=O)NCc1ccc(C)cc1. The number of aromatic nitrogens is 1. The maximum absolute atomic E-state index is 12.6. The molecule has 0 fully saturated rings. The highest BCUT2D eigenvalue weighted by Gasteiger charge is 2.20. The molecule has 7 heteroatoms. The second kappa shape index (κ2) is 7.08. The molecule has 0 atom stereocenters. The van der Waals surface area contributed by atoms with Gasteiger partial charge in [0.1, 0.15) is 10.6 Å². The Bertz CT molecular complexity index is 949. The zero-order valence-corrected chi connectivity index (χ0v) is 14.7. The normalized spacial score (nSPS) is 11.4. The van der Waals surface area contributed by atoms with Gasteiger partial charge in [0, 0.05) is 18.2 Å². The van der Waals surface area contributed by atoms with E-state index in [0.717, 1.165) is 11.1 Å². The summed E-state index contributed by atoms with van der Waals surface area (Å²) in [5.41, 5.74) is 2.69. The van der Waals surface area contributed by atoms with Crippen LogP contribution in [-0.2, 0) is 16.6 Å². The van der Waals surface area contributed by atoms with E-state index in [9.17, 15) is 8.42 Å². The van der Waals surface area contributed by atoms with Crippen LogP contribution in [-0.4, -0.2) is 20.7 Å². The summed E-state index contributed by atoms with van der Waals surface area (Å²) >= 11 is 0. The quantitative estimate of drug-likeness (QED) is 0.732. The van der Waals surface area contributed by atoms with Gasteiger partial charge >= 0.3 is 0 Å². The van der Waals surface area contributed by atoms with Crippen LogP contribution in [0.5, 0.6) is 5.75 Å². The number of nitrogens with one attached hydrogen (secondary N) is 1. The van der Waals surface area contributed by atoms with E-state index < -0.39 is 10.0 Å². The average molecular weight is 358 g/mol. The minimum Gasteiger partial charge on any atom is -0.495 e. The molecule has 0 saturated carbocycles. The Kier molecular flexibility index (Phi) is 4.87. The molecule has 2 aromatic carbocycles. The molecule has 1 heterocycles. The maximum atomic E-state index is 12.6. The van der Waals surface area contributed by atoms with E-state index in [1.807, 2.05) is 31.2 Å². The largest absolute Gasteiger partial charge is 0.495 e. The zero-order valence-electron chi connectivity index (χ0n) is 13.9. The Morgan fingerprint density at radius 1 is 1.12 bits per heavy atom. The van der Waals surface area contributed by atoms with Crippen molar-refractivity contribution in [2.75, 3.05) is 7.11 Å². The standard InChI is InChI=1S/C18H18N2O4S/c1-13-3-5-14(6-4-13)12-20-25(21,22)18-8-7-15(11-17(18)23-2)16-9-10-19-24-16/h3-11,20H,12H2,1-2H3. The summed E-state index contributed by atoms with van der Waals surface area (Å²) in [5.74, 6) is 0.778. The minimum absolute atomic E-state index is 0.0744. The van der Waals surface area contributed by atoms with Crippen LogP contribution in [0.3, 0.4) is 0 Å². The van der Waals surface area contributed by atoms with Gasteiger partial charge in [-0.05, 0) is 30.7 Å². The van der Waals surface area contributed by atoms with Crippen LogP contribution in [0.2, 0.25) is 0 Å². The second-order valence-corrected chi connectivity index (χ2v) is 7.29. The lowest BCUT2D eigenvalue weighted by Gasteiger charge is -2.12. The maximum Gasteiger partial charge on any atom is 0.244 e. The van der Waals surface area contributed by atoms with Gasteiger partial charge in [-0.15, -0.1) is 0 Å². The second-order valence-electron chi connectivity index (χ2n) is 5.55. The lowest BCUT2D eigenvalue weighted by molar-refractivity contribution is 0.401. The summed E-state index contributed by atoms with van der Waals surface area (Å²) in [4.78, 5) is 0.0744. The number of hydrogen-bond donors (Lipinski definition) is 1. The first-order valence-electron chi connectivity index (χ1n) is 7.64. The summed E-state index contributed by atoms with van der Waals surface area (Å²) in [6, 6.07) is 14.1. The number of methoxy groups -OCH3 is 1. The van der Waals surface area contributed by atoms with Crippen LogP contribution in [0.25, 0.3) is 11.3 Å².